The molecule has 4 nitrogen and oxygen atoms in total. The van der Waals surface area contributed by atoms with Crippen molar-refractivity contribution in [2.75, 3.05) is 5.32 Å². The Balaban J connectivity index is 2.14. The Morgan fingerprint density at radius 1 is 1.38 bits per heavy atom. The third-order valence-corrected chi connectivity index (χ3v) is 3.32. The van der Waals surface area contributed by atoms with Gasteiger partial charge in [-0.05, 0) is 42.7 Å². The van der Waals surface area contributed by atoms with Crippen molar-refractivity contribution in [2.24, 2.45) is 0 Å². The summed E-state index contributed by atoms with van der Waals surface area (Å²) in [6.07, 6.45) is 0. The first-order valence-corrected chi connectivity index (χ1v) is 6.09. The highest BCUT2D eigenvalue weighted by molar-refractivity contribution is 9.10. The Bertz CT molecular complexity index is 509. The number of nitrogens with one attached hydrogen (secondary N) is 1. The summed E-state index contributed by atoms with van der Waals surface area (Å²) in [6, 6.07) is 7.39. The highest BCUT2D eigenvalue weighted by Crippen LogP contribution is 2.16. The van der Waals surface area contributed by atoms with Crippen LogP contribution in [0.1, 0.15) is 15.4 Å². The van der Waals surface area contributed by atoms with Gasteiger partial charge in [-0.25, -0.2) is 0 Å². The van der Waals surface area contributed by atoms with Gasteiger partial charge in [0.05, 0.1) is 5.69 Å². The van der Waals surface area contributed by atoms with E-state index in [2.05, 4.69) is 30.8 Å². The molecule has 2 aromatic rings. The molecule has 0 fully saturated rings. The van der Waals surface area contributed by atoms with Crippen LogP contribution >= 0.6 is 27.5 Å². The SMILES string of the molecule is Cc1nnsc1C(=O)Nc1ccc(Br)cc1. The van der Waals surface area contributed by atoms with E-state index in [1.54, 1.807) is 6.92 Å². The van der Waals surface area contributed by atoms with Crippen molar-refractivity contribution < 1.29 is 4.79 Å². The van der Waals surface area contributed by atoms with Gasteiger partial charge < -0.3 is 5.32 Å². The smallest absolute Gasteiger partial charge is 0.269 e. The molecule has 0 aliphatic carbocycles. The van der Waals surface area contributed by atoms with Crippen LogP contribution < -0.4 is 5.32 Å². The van der Waals surface area contributed by atoms with E-state index in [-0.39, 0.29) is 5.91 Å². The van der Waals surface area contributed by atoms with Crippen LogP contribution in [-0.2, 0) is 0 Å². The third kappa shape index (κ3) is 2.45. The normalized spacial score (nSPS) is 10.1. The first kappa shape index (κ1) is 11.2. The van der Waals surface area contributed by atoms with Crippen molar-refractivity contribution in [3.05, 3.63) is 39.3 Å². The lowest BCUT2D eigenvalue weighted by molar-refractivity contribution is 0.103. The first-order chi connectivity index (χ1) is 7.66. The molecule has 6 heteroatoms. The zero-order valence-corrected chi connectivity index (χ0v) is 10.8. The molecule has 82 valence electrons. The predicted molar refractivity (Wildman–Crippen MR) is 66.7 cm³/mol. The number of halogens is 1. The summed E-state index contributed by atoms with van der Waals surface area (Å²) >= 11 is 4.43. The fourth-order valence-electron chi connectivity index (χ4n) is 1.16. The molecule has 0 spiro atoms. The molecule has 1 amide bonds. The maximum Gasteiger partial charge on any atom is 0.269 e. The van der Waals surface area contributed by atoms with E-state index in [4.69, 9.17) is 0 Å². The van der Waals surface area contributed by atoms with Crippen molar-refractivity contribution in [3.63, 3.8) is 0 Å². The molecule has 0 aliphatic rings. The van der Waals surface area contributed by atoms with Crippen LogP contribution in [0.15, 0.2) is 28.7 Å². The summed E-state index contributed by atoms with van der Waals surface area (Å²) in [5.41, 5.74) is 1.40. The molecular weight excluding hydrogens is 290 g/mol. The quantitative estimate of drug-likeness (QED) is 0.927. The molecule has 0 radical (unpaired) electrons. The molecule has 2 rings (SSSR count). The molecule has 1 heterocycles. The fraction of sp³-hybridized carbons (Fsp3) is 0.100. The first-order valence-electron chi connectivity index (χ1n) is 4.52. The number of nitrogens with zero attached hydrogens (tertiary/aromatic N) is 2. The highest BCUT2D eigenvalue weighted by Gasteiger charge is 2.12. The van der Waals surface area contributed by atoms with Crippen LogP contribution in [0.4, 0.5) is 5.69 Å². The van der Waals surface area contributed by atoms with Crippen molar-refractivity contribution in [1.29, 1.82) is 0 Å². The molecule has 16 heavy (non-hydrogen) atoms. The molecule has 0 saturated heterocycles. The topological polar surface area (TPSA) is 54.9 Å². The number of anilines is 1. The summed E-state index contributed by atoms with van der Waals surface area (Å²) in [7, 11) is 0. The molecule has 0 bridgehead atoms. The molecular formula is C10H8BrN3OS. The number of benzene rings is 1. The average molecular weight is 298 g/mol. The molecule has 0 saturated carbocycles. The minimum Gasteiger partial charge on any atom is -0.321 e. The second-order valence-electron chi connectivity index (χ2n) is 3.15. The van der Waals surface area contributed by atoms with Crippen molar-refractivity contribution >= 4 is 39.1 Å². The van der Waals surface area contributed by atoms with Crippen LogP contribution in [0.3, 0.4) is 0 Å². The van der Waals surface area contributed by atoms with Gasteiger partial charge in [-0.3, -0.25) is 4.79 Å². The van der Waals surface area contributed by atoms with Gasteiger partial charge in [0.1, 0.15) is 4.88 Å². The standard InChI is InChI=1S/C10H8BrN3OS/c1-6-9(16-14-13-6)10(15)12-8-4-2-7(11)3-5-8/h2-5H,1H3,(H,12,15). The van der Waals surface area contributed by atoms with E-state index < -0.39 is 0 Å². The van der Waals surface area contributed by atoms with E-state index in [1.165, 1.54) is 0 Å². The minimum atomic E-state index is -0.171. The van der Waals surface area contributed by atoms with Gasteiger partial charge in [-0.2, -0.15) is 0 Å². The number of carbonyl (C=O) groups is 1. The average Bonchev–Trinajstić information content (AvgIpc) is 2.68. The number of carbonyl (C=O) groups excluding carboxylic acids is 1. The van der Waals surface area contributed by atoms with Crippen LogP contribution in [-0.4, -0.2) is 15.5 Å². The Hall–Kier alpha value is -1.27. The van der Waals surface area contributed by atoms with Crippen molar-refractivity contribution in [1.82, 2.24) is 9.59 Å². The highest BCUT2D eigenvalue weighted by atomic mass is 79.9. The Morgan fingerprint density at radius 2 is 2.06 bits per heavy atom. The van der Waals surface area contributed by atoms with Gasteiger partial charge in [0.25, 0.3) is 5.91 Å². The summed E-state index contributed by atoms with van der Waals surface area (Å²) in [4.78, 5) is 12.3. The van der Waals surface area contributed by atoms with Crippen molar-refractivity contribution in [3.8, 4) is 0 Å². The molecule has 0 unspecified atom stereocenters. The summed E-state index contributed by atoms with van der Waals surface area (Å²) in [6.45, 7) is 1.76. The summed E-state index contributed by atoms with van der Waals surface area (Å²) in [5.74, 6) is -0.171. The Morgan fingerprint density at radius 3 is 2.62 bits per heavy atom. The largest absolute Gasteiger partial charge is 0.321 e. The monoisotopic (exact) mass is 297 g/mol. The summed E-state index contributed by atoms with van der Waals surface area (Å²) < 4.78 is 4.70. The van der Waals surface area contributed by atoms with Gasteiger partial charge in [0.15, 0.2) is 0 Å². The maximum absolute atomic E-state index is 11.8. The van der Waals surface area contributed by atoms with E-state index in [0.29, 0.717) is 10.6 Å². The zero-order chi connectivity index (χ0) is 11.5. The zero-order valence-electron chi connectivity index (χ0n) is 8.40. The van der Waals surface area contributed by atoms with Gasteiger partial charge >= 0.3 is 0 Å². The lowest BCUT2D eigenvalue weighted by atomic mass is 10.3. The van der Waals surface area contributed by atoms with Crippen LogP contribution in [0.5, 0.6) is 0 Å². The van der Waals surface area contributed by atoms with E-state index in [0.717, 1.165) is 21.7 Å². The van der Waals surface area contributed by atoms with Crippen LogP contribution in [0.25, 0.3) is 0 Å². The lowest BCUT2D eigenvalue weighted by Crippen LogP contribution is -2.11. The van der Waals surface area contributed by atoms with Crippen molar-refractivity contribution in [2.45, 2.75) is 6.92 Å². The van der Waals surface area contributed by atoms with E-state index in [9.17, 15) is 4.79 Å². The fourth-order valence-corrected chi connectivity index (χ4v) is 1.98. The van der Waals surface area contributed by atoms with Crippen LogP contribution in [0, 0.1) is 6.92 Å². The second kappa shape index (κ2) is 4.71. The third-order valence-electron chi connectivity index (χ3n) is 1.96. The van der Waals surface area contributed by atoms with Crippen LogP contribution in [0.2, 0.25) is 0 Å². The summed E-state index contributed by atoms with van der Waals surface area (Å²) in [5, 5.41) is 6.58. The number of amides is 1. The van der Waals surface area contributed by atoms with Gasteiger partial charge in [0, 0.05) is 10.2 Å². The second-order valence-corrected chi connectivity index (χ2v) is 4.82. The predicted octanol–water partition coefficient (Wildman–Crippen LogP) is 2.86. The molecule has 0 atom stereocenters. The van der Waals surface area contributed by atoms with Gasteiger partial charge in [-0.15, -0.1) is 5.10 Å². The maximum atomic E-state index is 11.8. The lowest BCUT2D eigenvalue weighted by Gasteiger charge is -2.03. The number of hydrogen-bond acceptors (Lipinski definition) is 4. The number of rotatable bonds is 2. The van der Waals surface area contributed by atoms with Gasteiger partial charge in [0.2, 0.25) is 0 Å². The minimum absolute atomic E-state index is 0.171. The van der Waals surface area contributed by atoms with E-state index >= 15 is 0 Å². The Labute approximate surface area is 105 Å². The number of aryl methyl sites for hydroxylation is 1. The van der Waals surface area contributed by atoms with Gasteiger partial charge in [-0.1, -0.05) is 20.4 Å². The molecule has 1 aromatic carbocycles. The molecule has 1 N–H and O–H groups in total. The van der Waals surface area contributed by atoms with E-state index in [1.807, 2.05) is 24.3 Å². The Kier molecular flexibility index (Phi) is 3.31. The number of aromatic nitrogens is 2. The number of hydrogen-bond donors (Lipinski definition) is 1. The molecule has 1 aromatic heterocycles. The molecule has 0 aliphatic heterocycles.